The van der Waals surface area contributed by atoms with Crippen molar-refractivity contribution in [2.45, 2.75) is 32.4 Å². The number of allylic oxidation sites excluding steroid dienone is 3. The van der Waals surface area contributed by atoms with E-state index in [1.54, 1.807) is 6.07 Å². The first-order chi connectivity index (χ1) is 14.0. The van der Waals surface area contributed by atoms with Gasteiger partial charge >= 0.3 is 0 Å². The lowest BCUT2D eigenvalue weighted by molar-refractivity contribution is 0.517. The van der Waals surface area contributed by atoms with Gasteiger partial charge < -0.3 is 10.6 Å². The summed E-state index contributed by atoms with van der Waals surface area (Å²) in [6.07, 6.45) is 8.85. The third-order valence-electron chi connectivity index (χ3n) is 5.36. The van der Waals surface area contributed by atoms with Crippen LogP contribution in [0, 0.1) is 11.7 Å². The van der Waals surface area contributed by atoms with E-state index in [1.165, 1.54) is 17.7 Å². The average molecular weight is 391 g/mol. The molecule has 0 radical (unpaired) electrons. The zero-order valence-electron chi connectivity index (χ0n) is 16.9. The van der Waals surface area contributed by atoms with Crippen molar-refractivity contribution in [1.82, 2.24) is 5.32 Å². The maximum absolute atomic E-state index is 13.7. The quantitative estimate of drug-likeness (QED) is 0.622. The van der Waals surface area contributed by atoms with Gasteiger partial charge in [0.15, 0.2) is 0 Å². The Morgan fingerprint density at radius 2 is 2.07 bits per heavy atom. The van der Waals surface area contributed by atoms with Gasteiger partial charge in [-0.2, -0.15) is 0 Å². The third-order valence-corrected chi connectivity index (χ3v) is 5.36. The van der Waals surface area contributed by atoms with Crippen molar-refractivity contribution >= 4 is 22.9 Å². The lowest BCUT2D eigenvalue weighted by Crippen LogP contribution is -2.59. The second-order valence-corrected chi connectivity index (χ2v) is 7.89. The van der Waals surface area contributed by atoms with Crippen LogP contribution >= 0.6 is 0 Å². The number of amidine groups is 1. The largest absolute Gasteiger partial charge is 0.359 e. The maximum Gasteiger partial charge on any atom is 0.147 e. The van der Waals surface area contributed by atoms with Crippen molar-refractivity contribution in [2.75, 3.05) is 17.2 Å². The monoisotopic (exact) mass is 390 g/mol. The predicted octanol–water partition coefficient (Wildman–Crippen LogP) is 5.61. The molecule has 5 heteroatoms. The summed E-state index contributed by atoms with van der Waals surface area (Å²) < 4.78 is 13.7. The molecule has 2 atom stereocenters. The van der Waals surface area contributed by atoms with Crippen LogP contribution < -0.4 is 16.0 Å². The summed E-state index contributed by atoms with van der Waals surface area (Å²) in [7, 11) is 0. The molecule has 2 aromatic rings. The average Bonchev–Trinajstić information content (AvgIpc) is 2.70. The Labute approximate surface area is 171 Å². The third kappa shape index (κ3) is 4.57. The lowest BCUT2D eigenvalue weighted by Gasteiger charge is -2.38. The Morgan fingerprint density at radius 1 is 1.21 bits per heavy atom. The molecule has 0 aromatic heterocycles. The van der Waals surface area contributed by atoms with E-state index in [2.05, 4.69) is 48.0 Å². The number of fused-ring (bicyclic) bond motifs is 1. The van der Waals surface area contributed by atoms with E-state index in [0.717, 1.165) is 30.8 Å². The van der Waals surface area contributed by atoms with Crippen LogP contribution in [0.15, 0.2) is 77.3 Å². The van der Waals surface area contributed by atoms with Gasteiger partial charge in [-0.25, -0.2) is 9.38 Å². The van der Waals surface area contributed by atoms with E-state index in [4.69, 9.17) is 4.99 Å². The molecular formula is C24H27FN4. The van der Waals surface area contributed by atoms with Crippen LogP contribution in [0.1, 0.15) is 26.7 Å². The Hall–Kier alpha value is -2.92. The highest BCUT2D eigenvalue weighted by Gasteiger charge is 2.34. The van der Waals surface area contributed by atoms with Gasteiger partial charge in [-0.15, -0.1) is 0 Å². The minimum atomic E-state index is -0.604. The van der Waals surface area contributed by atoms with E-state index >= 15 is 0 Å². The Morgan fingerprint density at radius 3 is 2.86 bits per heavy atom. The molecule has 4 nitrogen and oxygen atoms in total. The van der Waals surface area contributed by atoms with Crippen LogP contribution in [0.3, 0.4) is 0 Å². The summed E-state index contributed by atoms with van der Waals surface area (Å²) in [6.45, 7) is 5.08. The number of aliphatic imine (C=N–C) groups is 1. The van der Waals surface area contributed by atoms with Gasteiger partial charge in [0.05, 0.1) is 11.4 Å². The van der Waals surface area contributed by atoms with Crippen LogP contribution in [0.2, 0.25) is 0 Å². The SMILES string of the molecule is CC1C=CC(CCNC2(C)Nc3ccccc3N=C2Nc2cccc(F)c2)=CC1. The van der Waals surface area contributed by atoms with Crippen LogP contribution in [0.4, 0.5) is 21.5 Å². The molecule has 150 valence electrons. The highest BCUT2D eigenvalue weighted by atomic mass is 19.1. The van der Waals surface area contributed by atoms with Gasteiger partial charge in [0, 0.05) is 12.2 Å². The second-order valence-electron chi connectivity index (χ2n) is 7.89. The number of hydrogen-bond donors (Lipinski definition) is 3. The lowest BCUT2D eigenvalue weighted by atomic mass is 9.96. The van der Waals surface area contributed by atoms with E-state index in [1.807, 2.05) is 30.3 Å². The molecule has 2 aromatic carbocycles. The molecule has 1 aliphatic heterocycles. The minimum Gasteiger partial charge on any atom is -0.359 e. The molecule has 1 aliphatic carbocycles. The van der Waals surface area contributed by atoms with Crippen molar-refractivity contribution in [3.05, 3.63) is 78.1 Å². The Bertz CT molecular complexity index is 978. The van der Waals surface area contributed by atoms with Crippen LogP contribution in [0.5, 0.6) is 0 Å². The zero-order valence-corrected chi connectivity index (χ0v) is 16.9. The fourth-order valence-electron chi connectivity index (χ4n) is 3.64. The first-order valence-corrected chi connectivity index (χ1v) is 10.1. The number of benzene rings is 2. The molecular weight excluding hydrogens is 363 g/mol. The second kappa shape index (κ2) is 8.21. The van der Waals surface area contributed by atoms with Gasteiger partial charge in [0.2, 0.25) is 0 Å². The summed E-state index contributed by atoms with van der Waals surface area (Å²) in [5.41, 5.74) is 3.25. The standard InChI is InChI=1S/C24H27FN4/c1-17-10-12-18(13-11-17)14-15-26-24(2)23(27-20-7-5-6-19(25)16-20)28-21-8-3-4-9-22(21)29-24/h3-10,12-13,16-17,26,29H,11,14-15H2,1-2H3,(H,27,28). The fraction of sp³-hybridized carbons (Fsp3) is 0.292. The molecule has 0 saturated carbocycles. The van der Waals surface area contributed by atoms with Crippen LogP contribution in [0.25, 0.3) is 0 Å². The fourth-order valence-corrected chi connectivity index (χ4v) is 3.64. The first-order valence-electron chi connectivity index (χ1n) is 10.1. The normalized spacial score (nSPS) is 22.9. The van der Waals surface area contributed by atoms with E-state index in [0.29, 0.717) is 17.4 Å². The molecule has 29 heavy (non-hydrogen) atoms. The van der Waals surface area contributed by atoms with Crippen molar-refractivity contribution in [3.8, 4) is 0 Å². The first kappa shape index (κ1) is 19.4. The molecule has 0 bridgehead atoms. The Kier molecular flexibility index (Phi) is 5.49. The molecule has 0 fully saturated rings. The summed E-state index contributed by atoms with van der Waals surface area (Å²) in [5, 5.41) is 10.5. The van der Waals surface area contributed by atoms with Gasteiger partial charge in [-0.1, -0.05) is 48.9 Å². The molecule has 2 unspecified atom stereocenters. The topological polar surface area (TPSA) is 48.5 Å². The van der Waals surface area contributed by atoms with Crippen LogP contribution in [-0.4, -0.2) is 18.0 Å². The molecule has 0 saturated heterocycles. The summed E-state index contributed by atoms with van der Waals surface area (Å²) in [4.78, 5) is 4.83. The molecule has 0 amide bonds. The number of nitrogens with one attached hydrogen (secondary N) is 3. The highest BCUT2D eigenvalue weighted by Crippen LogP contribution is 2.33. The number of para-hydroxylation sites is 2. The molecule has 4 rings (SSSR count). The summed E-state index contributed by atoms with van der Waals surface area (Å²) in [6, 6.07) is 14.4. The molecule has 3 N–H and O–H groups in total. The number of rotatable bonds is 5. The minimum absolute atomic E-state index is 0.278. The van der Waals surface area contributed by atoms with E-state index in [-0.39, 0.29) is 5.82 Å². The summed E-state index contributed by atoms with van der Waals surface area (Å²) >= 11 is 0. The number of hydrogen-bond acceptors (Lipinski definition) is 4. The van der Waals surface area contributed by atoms with Crippen molar-refractivity contribution in [2.24, 2.45) is 10.9 Å². The van der Waals surface area contributed by atoms with Gasteiger partial charge in [0.25, 0.3) is 0 Å². The van der Waals surface area contributed by atoms with E-state index in [9.17, 15) is 4.39 Å². The Balaban J connectivity index is 1.53. The molecule has 2 aliphatic rings. The van der Waals surface area contributed by atoms with Crippen LogP contribution in [-0.2, 0) is 0 Å². The predicted molar refractivity (Wildman–Crippen MR) is 119 cm³/mol. The maximum atomic E-state index is 13.7. The van der Waals surface area contributed by atoms with Crippen molar-refractivity contribution in [3.63, 3.8) is 0 Å². The number of anilines is 2. The molecule has 0 spiro atoms. The van der Waals surface area contributed by atoms with E-state index < -0.39 is 5.66 Å². The smallest absolute Gasteiger partial charge is 0.147 e. The van der Waals surface area contributed by atoms with Crippen molar-refractivity contribution < 1.29 is 4.39 Å². The van der Waals surface area contributed by atoms with Gasteiger partial charge in [-0.05, 0) is 56.0 Å². The summed E-state index contributed by atoms with van der Waals surface area (Å²) in [5.74, 6) is 1.05. The number of halogens is 1. The number of nitrogens with zero attached hydrogens (tertiary/aromatic N) is 1. The molecule has 1 heterocycles. The zero-order chi connectivity index (χ0) is 20.3. The highest BCUT2D eigenvalue weighted by molar-refractivity contribution is 6.07. The van der Waals surface area contributed by atoms with Crippen molar-refractivity contribution in [1.29, 1.82) is 0 Å². The van der Waals surface area contributed by atoms with Gasteiger partial charge in [0.1, 0.15) is 17.3 Å². The van der Waals surface area contributed by atoms with Gasteiger partial charge in [-0.3, -0.25) is 5.32 Å².